The zero-order chi connectivity index (χ0) is 35.6. The Morgan fingerprint density at radius 1 is 0.587 bits per heavy atom. The molecule has 0 saturated carbocycles. The fourth-order valence-corrected chi connectivity index (χ4v) is 7.86. The topological polar surface area (TPSA) is 110 Å². The number of ether oxygens (including phenoxy) is 1. The van der Waals surface area contributed by atoms with Crippen LogP contribution in [0.15, 0.2) is 34.1 Å². The van der Waals surface area contributed by atoms with Crippen molar-refractivity contribution in [1.82, 2.24) is 0 Å². The molecule has 5 N–H and O–H groups in total. The van der Waals surface area contributed by atoms with Gasteiger partial charge in [0.1, 0.15) is 24.2 Å². The molecule has 0 heterocycles. The summed E-state index contributed by atoms with van der Waals surface area (Å²) in [6, 6.07) is 8.71. The number of hydrogen-bond donors (Lipinski definition) is 5. The highest BCUT2D eigenvalue weighted by Crippen LogP contribution is 2.51. The summed E-state index contributed by atoms with van der Waals surface area (Å²) in [5.74, 6) is 1.16. The van der Waals surface area contributed by atoms with E-state index >= 15 is 0 Å². The van der Waals surface area contributed by atoms with Crippen LogP contribution in [0.4, 0.5) is 0 Å². The predicted molar refractivity (Wildman–Crippen MR) is 195 cm³/mol. The minimum atomic E-state index is -1.23. The summed E-state index contributed by atoms with van der Waals surface area (Å²) < 4.78 is 6.16. The Bertz CT molecular complexity index is 1240. The number of benzene rings is 2. The molecule has 0 fully saturated rings. The van der Waals surface area contributed by atoms with Crippen LogP contribution < -0.4 is 4.74 Å². The van der Waals surface area contributed by atoms with Gasteiger partial charge in [-0.25, -0.2) is 0 Å². The highest BCUT2D eigenvalue weighted by Gasteiger charge is 2.32. The molecule has 2 rings (SSSR count). The molecule has 0 amide bonds. The van der Waals surface area contributed by atoms with Crippen LogP contribution in [0.5, 0.6) is 11.5 Å². The number of aliphatic hydroxyl groups is 4. The van der Waals surface area contributed by atoms with Crippen LogP contribution in [0, 0.1) is 0 Å². The van der Waals surface area contributed by atoms with Gasteiger partial charge in [0, 0.05) is 32.0 Å². The van der Waals surface area contributed by atoms with Crippen molar-refractivity contribution in [2.75, 3.05) is 13.2 Å². The quantitative estimate of drug-likeness (QED) is 0.112. The number of phenolic OH excluding ortho intramolecular Hbond substituents is 1. The molecule has 262 valence electrons. The molecule has 0 aliphatic rings. The first-order valence-corrected chi connectivity index (χ1v) is 18.0. The van der Waals surface area contributed by atoms with Gasteiger partial charge < -0.3 is 30.3 Å². The molecule has 0 aliphatic heterocycles. The van der Waals surface area contributed by atoms with Crippen molar-refractivity contribution in [3.63, 3.8) is 0 Å². The van der Waals surface area contributed by atoms with Gasteiger partial charge in [-0.2, -0.15) is 0 Å². The van der Waals surface area contributed by atoms with Gasteiger partial charge in [-0.05, 0) is 72.6 Å². The highest BCUT2D eigenvalue weighted by atomic mass is 32.2. The monoisotopic (exact) mass is 678 g/mol. The van der Waals surface area contributed by atoms with Gasteiger partial charge in [-0.15, -0.1) is 23.5 Å². The lowest BCUT2D eigenvalue weighted by Gasteiger charge is -2.33. The Kier molecular flexibility index (Phi) is 13.3. The van der Waals surface area contributed by atoms with Gasteiger partial charge in [-0.1, -0.05) is 83.1 Å². The van der Waals surface area contributed by atoms with Gasteiger partial charge in [0.05, 0.1) is 22.9 Å². The first-order valence-electron chi connectivity index (χ1n) is 16.4. The Morgan fingerprint density at radius 3 is 1.30 bits per heavy atom. The maximum absolute atomic E-state index is 11.2. The van der Waals surface area contributed by atoms with Crippen molar-refractivity contribution in [3.8, 4) is 11.5 Å². The molecule has 8 heteroatoms. The zero-order valence-electron chi connectivity index (χ0n) is 30.8. The van der Waals surface area contributed by atoms with E-state index in [-0.39, 0.29) is 45.2 Å². The van der Waals surface area contributed by atoms with Gasteiger partial charge in [0.15, 0.2) is 0 Å². The van der Waals surface area contributed by atoms with Crippen LogP contribution >= 0.6 is 23.5 Å². The van der Waals surface area contributed by atoms with E-state index in [4.69, 9.17) is 9.84 Å². The van der Waals surface area contributed by atoms with Crippen LogP contribution in [0.25, 0.3) is 0 Å². The van der Waals surface area contributed by atoms with Gasteiger partial charge >= 0.3 is 0 Å². The molecule has 0 spiro atoms. The smallest absolute Gasteiger partial charge is 0.126 e. The molecule has 0 radical (unpaired) electrons. The molecule has 0 bridgehead atoms. The maximum Gasteiger partial charge on any atom is 0.126 e. The average molecular weight is 679 g/mol. The summed E-state index contributed by atoms with van der Waals surface area (Å²) in [5, 5.41) is 50.7. The van der Waals surface area contributed by atoms with Gasteiger partial charge in [0.25, 0.3) is 0 Å². The van der Waals surface area contributed by atoms with Crippen molar-refractivity contribution in [1.29, 1.82) is 0 Å². The number of hydrogen-bond acceptors (Lipinski definition) is 8. The summed E-state index contributed by atoms with van der Waals surface area (Å²) in [5.41, 5.74) is 3.13. The van der Waals surface area contributed by atoms with E-state index in [2.05, 4.69) is 121 Å². The lowest BCUT2D eigenvalue weighted by Crippen LogP contribution is -2.31. The average Bonchev–Trinajstić information content (AvgIpc) is 2.88. The first-order chi connectivity index (χ1) is 20.7. The maximum atomic E-state index is 11.2. The van der Waals surface area contributed by atoms with Crippen LogP contribution in [0.2, 0.25) is 0 Å². The molecule has 0 aliphatic carbocycles. The molecule has 6 nitrogen and oxygen atoms in total. The van der Waals surface area contributed by atoms with E-state index in [1.54, 1.807) is 23.5 Å². The van der Waals surface area contributed by atoms with E-state index in [1.165, 1.54) is 0 Å². The largest absolute Gasteiger partial charge is 0.507 e. The van der Waals surface area contributed by atoms with Crippen LogP contribution in [0.3, 0.4) is 0 Å². The number of phenols is 1. The van der Waals surface area contributed by atoms with Crippen LogP contribution in [-0.4, -0.2) is 61.1 Å². The number of aromatic hydroxyl groups is 1. The molecule has 2 aromatic carbocycles. The third-order valence-corrected chi connectivity index (χ3v) is 10.4. The van der Waals surface area contributed by atoms with Crippen molar-refractivity contribution in [2.24, 2.45) is 0 Å². The van der Waals surface area contributed by atoms with Gasteiger partial charge in [0.2, 0.25) is 0 Å². The zero-order valence-corrected chi connectivity index (χ0v) is 32.5. The minimum absolute atomic E-state index is 0.0506. The summed E-state index contributed by atoms with van der Waals surface area (Å²) in [7, 11) is 0. The summed E-state index contributed by atoms with van der Waals surface area (Å²) >= 11 is 3.61. The second-order valence-electron chi connectivity index (χ2n) is 17.2. The third kappa shape index (κ3) is 11.3. The number of rotatable bonds is 12. The molecule has 2 aromatic rings. The Morgan fingerprint density at radius 2 is 0.957 bits per heavy atom. The molecule has 3 unspecified atom stereocenters. The van der Waals surface area contributed by atoms with Crippen molar-refractivity contribution < 1.29 is 30.3 Å². The van der Waals surface area contributed by atoms with E-state index in [9.17, 15) is 20.4 Å². The first kappa shape index (κ1) is 40.8. The number of aliphatic hydroxyl groups excluding tert-OH is 4. The van der Waals surface area contributed by atoms with Crippen molar-refractivity contribution in [3.05, 3.63) is 46.5 Å². The summed E-state index contributed by atoms with van der Waals surface area (Å²) in [6.45, 7) is 29.8. The van der Waals surface area contributed by atoms with E-state index in [1.807, 2.05) is 0 Å². The Labute approximate surface area is 287 Å². The molecular weight excluding hydrogens is 617 g/mol. The number of thioether (sulfide) groups is 2. The van der Waals surface area contributed by atoms with Crippen LogP contribution in [-0.2, 0) is 21.7 Å². The Balaban J connectivity index is 2.49. The van der Waals surface area contributed by atoms with Crippen molar-refractivity contribution >= 4 is 23.5 Å². The molecule has 0 aromatic heterocycles. The summed E-state index contributed by atoms with van der Waals surface area (Å²) in [4.78, 5) is 2.26. The SMILES string of the molecule is CC(C)(Sc1cc(C(C)(C)C)c(O)c(C(C)(C)C)c1)Sc1cc(C(C)(C)C)c(OCC(O)CCC(O)C(O)CO)c(C(C)(C)C)c1. The molecule has 3 atom stereocenters. The van der Waals surface area contributed by atoms with Gasteiger partial charge in [-0.3, -0.25) is 0 Å². The second-order valence-corrected chi connectivity index (χ2v) is 20.8. The standard InChI is InChI=1S/C38H62O6S2/c1-34(2,3)26-17-24(18-27(32(26)43)35(4,5)6)45-38(13,14)46-25-19-28(36(7,8)9)33(29(20-25)37(10,11)12)44-22-23(40)15-16-30(41)31(42)21-39/h17-20,23,30-31,39-43H,15-16,21-22H2,1-14H3. The van der Waals surface area contributed by atoms with Crippen LogP contribution in [0.1, 0.15) is 132 Å². The predicted octanol–water partition coefficient (Wildman–Crippen LogP) is 8.44. The molecule has 46 heavy (non-hydrogen) atoms. The van der Waals surface area contributed by atoms with E-state index in [0.29, 0.717) is 5.75 Å². The summed E-state index contributed by atoms with van der Waals surface area (Å²) in [6.07, 6.45) is -2.78. The van der Waals surface area contributed by atoms with E-state index in [0.717, 1.165) is 37.8 Å². The molecule has 0 saturated heterocycles. The highest BCUT2D eigenvalue weighted by molar-refractivity contribution is 8.18. The molecular formula is C38H62O6S2. The fraction of sp³-hybridized carbons (Fsp3) is 0.684. The van der Waals surface area contributed by atoms with Crippen molar-refractivity contribution in [2.45, 2.75) is 164 Å². The lowest BCUT2D eigenvalue weighted by molar-refractivity contribution is -0.0254. The lowest BCUT2D eigenvalue weighted by atomic mass is 9.79. The normalized spacial score (nSPS) is 15.5. The fourth-order valence-electron chi connectivity index (χ4n) is 5.27. The third-order valence-electron chi connectivity index (χ3n) is 7.95. The minimum Gasteiger partial charge on any atom is -0.507 e. The Hall–Kier alpha value is -1.42. The second kappa shape index (κ2) is 15.0. The van der Waals surface area contributed by atoms with E-state index < -0.39 is 24.9 Å².